The molecule has 0 radical (unpaired) electrons. The Labute approximate surface area is 114 Å². The second-order valence-corrected chi connectivity index (χ2v) is 5.19. The lowest BCUT2D eigenvalue weighted by Gasteiger charge is -2.29. The minimum Gasteiger partial charge on any atom is -0.507 e. The molecule has 106 valence electrons. The fraction of sp³-hybridized carbons (Fsp3) is 0.600. The van der Waals surface area contributed by atoms with Crippen molar-refractivity contribution in [3.8, 4) is 17.2 Å². The maximum Gasteiger partial charge on any atom is 0.131 e. The summed E-state index contributed by atoms with van der Waals surface area (Å²) >= 11 is 0. The molecule has 1 atom stereocenters. The quantitative estimate of drug-likeness (QED) is 0.878. The molecule has 0 bridgehead atoms. The maximum atomic E-state index is 10.2. The highest BCUT2D eigenvalue weighted by Gasteiger charge is 2.27. The average molecular weight is 265 g/mol. The number of phenols is 1. The maximum absolute atomic E-state index is 10.2. The van der Waals surface area contributed by atoms with E-state index in [1.807, 2.05) is 0 Å². The zero-order chi connectivity index (χ0) is 13.8. The molecule has 0 spiro atoms. The molecule has 0 aliphatic heterocycles. The van der Waals surface area contributed by atoms with Gasteiger partial charge in [-0.15, -0.1) is 0 Å². The van der Waals surface area contributed by atoms with Crippen LogP contribution in [0.2, 0.25) is 0 Å². The third-order valence-electron chi connectivity index (χ3n) is 4.04. The van der Waals surface area contributed by atoms with Crippen LogP contribution in [0.15, 0.2) is 12.1 Å². The number of benzene rings is 1. The largest absolute Gasteiger partial charge is 0.507 e. The van der Waals surface area contributed by atoms with Crippen LogP contribution in [-0.4, -0.2) is 19.3 Å². The molecule has 0 heterocycles. The fourth-order valence-electron chi connectivity index (χ4n) is 2.94. The Kier molecular flexibility index (Phi) is 4.53. The summed E-state index contributed by atoms with van der Waals surface area (Å²) in [6.45, 7) is 0. The highest BCUT2D eigenvalue weighted by atomic mass is 16.5. The van der Waals surface area contributed by atoms with E-state index >= 15 is 0 Å². The molecule has 1 saturated carbocycles. The molecule has 0 amide bonds. The number of phenolic OH excluding ortho intramolecular Hbond substituents is 1. The van der Waals surface area contributed by atoms with Gasteiger partial charge in [0.2, 0.25) is 0 Å². The van der Waals surface area contributed by atoms with Crippen molar-refractivity contribution in [1.82, 2.24) is 0 Å². The van der Waals surface area contributed by atoms with Gasteiger partial charge in [-0.05, 0) is 18.8 Å². The van der Waals surface area contributed by atoms with Crippen LogP contribution in [0.1, 0.15) is 43.7 Å². The number of aromatic hydroxyl groups is 1. The molecule has 0 unspecified atom stereocenters. The van der Waals surface area contributed by atoms with Crippen LogP contribution in [-0.2, 0) is 0 Å². The monoisotopic (exact) mass is 265 g/mol. The van der Waals surface area contributed by atoms with Gasteiger partial charge in [-0.1, -0.05) is 19.3 Å². The van der Waals surface area contributed by atoms with Crippen LogP contribution >= 0.6 is 0 Å². The van der Waals surface area contributed by atoms with Gasteiger partial charge in [0.15, 0.2) is 0 Å². The fourth-order valence-corrected chi connectivity index (χ4v) is 2.94. The summed E-state index contributed by atoms with van der Waals surface area (Å²) in [6, 6.07) is 3.19. The molecule has 4 nitrogen and oxygen atoms in total. The van der Waals surface area contributed by atoms with Crippen molar-refractivity contribution in [2.45, 2.75) is 38.1 Å². The highest BCUT2D eigenvalue weighted by Crippen LogP contribution is 2.42. The van der Waals surface area contributed by atoms with Crippen molar-refractivity contribution >= 4 is 0 Å². The Morgan fingerprint density at radius 1 is 1.16 bits per heavy atom. The Balaban J connectivity index is 2.31. The summed E-state index contributed by atoms with van der Waals surface area (Å²) in [6.07, 6.45) is 5.97. The zero-order valence-electron chi connectivity index (χ0n) is 11.7. The average Bonchev–Trinajstić information content (AvgIpc) is 2.46. The number of hydrogen-bond donors (Lipinski definition) is 2. The highest BCUT2D eigenvalue weighted by molar-refractivity contribution is 5.51. The number of nitrogens with two attached hydrogens (primary N) is 1. The summed E-state index contributed by atoms with van der Waals surface area (Å²) in [5, 5.41) is 10.2. The van der Waals surface area contributed by atoms with E-state index < -0.39 is 0 Å². The van der Waals surface area contributed by atoms with Crippen molar-refractivity contribution in [2.75, 3.05) is 14.2 Å². The smallest absolute Gasteiger partial charge is 0.131 e. The molecule has 19 heavy (non-hydrogen) atoms. The molecular weight excluding hydrogens is 242 g/mol. The Morgan fingerprint density at radius 3 is 2.42 bits per heavy atom. The third kappa shape index (κ3) is 2.95. The van der Waals surface area contributed by atoms with Crippen LogP contribution in [0.3, 0.4) is 0 Å². The zero-order valence-corrected chi connectivity index (χ0v) is 11.7. The van der Waals surface area contributed by atoms with E-state index in [9.17, 15) is 5.11 Å². The standard InChI is InChI=1S/C15H23NO3/c1-18-11-8-12(17)14(13(9-11)19-2)15(16)10-6-4-3-5-7-10/h8-10,15,17H,3-7,16H2,1-2H3/t15-/m1/s1. The van der Waals surface area contributed by atoms with Crippen LogP contribution < -0.4 is 15.2 Å². The van der Waals surface area contributed by atoms with Crippen LogP contribution in [0, 0.1) is 5.92 Å². The molecule has 1 aromatic rings. The van der Waals surface area contributed by atoms with E-state index in [1.165, 1.54) is 19.3 Å². The topological polar surface area (TPSA) is 64.7 Å². The van der Waals surface area contributed by atoms with E-state index in [2.05, 4.69) is 0 Å². The van der Waals surface area contributed by atoms with E-state index in [0.717, 1.165) is 12.8 Å². The second-order valence-electron chi connectivity index (χ2n) is 5.19. The number of rotatable bonds is 4. The summed E-state index contributed by atoms with van der Waals surface area (Å²) in [4.78, 5) is 0. The molecule has 1 aliphatic rings. The van der Waals surface area contributed by atoms with Gasteiger partial charge in [0, 0.05) is 18.2 Å². The van der Waals surface area contributed by atoms with Gasteiger partial charge in [0.05, 0.1) is 19.8 Å². The van der Waals surface area contributed by atoms with Crippen molar-refractivity contribution < 1.29 is 14.6 Å². The van der Waals surface area contributed by atoms with Gasteiger partial charge in [0.1, 0.15) is 17.2 Å². The molecule has 0 saturated heterocycles. The molecular formula is C15H23NO3. The first-order chi connectivity index (χ1) is 9.17. The Morgan fingerprint density at radius 2 is 1.84 bits per heavy atom. The first-order valence-electron chi connectivity index (χ1n) is 6.87. The van der Waals surface area contributed by atoms with Gasteiger partial charge in [-0.25, -0.2) is 0 Å². The lowest BCUT2D eigenvalue weighted by molar-refractivity contribution is 0.293. The summed E-state index contributed by atoms with van der Waals surface area (Å²) in [7, 11) is 3.15. The van der Waals surface area contributed by atoms with Gasteiger partial charge in [-0.2, -0.15) is 0 Å². The van der Waals surface area contributed by atoms with Crippen molar-refractivity contribution in [3.63, 3.8) is 0 Å². The van der Waals surface area contributed by atoms with E-state index in [0.29, 0.717) is 23.0 Å². The summed E-state index contributed by atoms with van der Waals surface area (Å²) < 4.78 is 10.5. The Bertz CT molecular complexity index is 428. The summed E-state index contributed by atoms with van der Waals surface area (Å²) in [5.41, 5.74) is 7.06. The van der Waals surface area contributed by atoms with Gasteiger partial charge in [0.25, 0.3) is 0 Å². The minimum absolute atomic E-state index is 0.161. The molecule has 1 aromatic carbocycles. The minimum atomic E-state index is -0.179. The van der Waals surface area contributed by atoms with Crippen molar-refractivity contribution in [1.29, 1.82) is 0 Å². The second kappa shape index (κ2) is 6.15. The normalized spacial score (nSPS) is 18.1. The van der Waals surface area contributed by atoms with Gasteiger partial charge >= 0.3 is 0 Å². The van der Waals surface area contributed by atoms with Crippen LogP contribution in [0.5, 0.6) is 17.2 Å². The van der Waals surface area contributed by atoms with E-state index in [4.69, 9.17) is 15.2 Å². The first-order valence-corrected chi connectivity index (χ1v) is 6.87. The third-order valence-corrected chi connectivity index (χ3v) is 4.04. The van der Waals surface area contributed by atoms with Crippen LogP contribution in [0.4, 0.5) is 0 Å². The lowest BCUT2D eigenvalue weighted by atomic mass is 9.81. The first kappa shape index (κ1) is 14.0. The van der Waals surface area contributed by atoms with Crippen LogP contribution in [0.25, 0.3) is 0 Å². The van der Waals surface area contributed by atoms with Crippen molar-refractivity contribution in [2.24, 2.45) is 11.7 Å². The predicted molar refractivity (Wildman–Crippen MR) is 74.7 cm³/mol. The number of ether oxygens (including phenoxy) is 2. The molecule has 1 fully saturated rings. The molecule has 1 aliphatic carbocycles. The molecule has 3 N–H and O–H groups in total. The summed E-state index contributed by atoms with van der Waals surface area (Å²) in [5.74, 6) is 1.76. The van der Waals surface area contributed by atoms with E-state index in [1.54, 1.807) is 26.4 Å². The van der Waals surface area contributed by atoms with Gasteiger partial charge in [-0.3, -0.25) is 0 Å². The Hall–Kier alpha value is -1.42. The van der Waals surface area contributed by atoms with E-state index in [-0.39, 0.29) is 11.8 Å². The molecule has 0 aromatic heterocycles. The number of hydrogen-bond acceptors (Lipinski definition) is 4. The molecule has 2 rings (SSSR count). The lowest BCUT2D eigenvalue weighted by Crippen LogP contribution is -2.24. The number of methoxy groups -OCH3 is 2. The molecule has 4 heteroatoms. The van der Waals surface area contributed by atoms with Crippen molar-refractivity contribution in [3.05, 3.63) is 17.7 Å². The SMILES string of the molecule is COc1cc(O)c([C@H](N)C2CCCCC2)c(OC)c1. The van der Waals surface area contributed by atoms with Gasteiger partial charge < -0.3 is 20.3 Å². The predicted octanol–water partition coefficient (Wildman–Crippen LogP) is 2.99.